The largest absolute Gasteiger partial charge is 0.444 e. The monoisotopic (exact) mass is 382 g/mol. The van der Waals surface area contributed by atoms with E-state index >= 15 is 0 Å². The van der Waals surface area contributed by atoms with Gasteiger partial charge in [0.1, 0.15) is 17.2 Å². The van der Waals surface area contributed by atoms with Crippen LogP contribution in [0, 0.1) is 5.82 Å². The molecule has 154 valence electrons. The molecule has 0 aromatic carbocycles. The lowest BCUT2D eigenvalue weighted by molar-refractivity contribution is 0.0492. The van der Waals surface area contributed by atoms with Crippen LogP contribution in [0.25, 0.3) is 0 Å². The Morgan fingerprint density at radius 2 is 1.81 bits per heavy atom. The van der Waals surface area contributed by atoms with Crippen molar-refractivity contribution in [2.45, 2.75) is 84.9 Å². The smallest absolute Gasteiger partial charge is 0.407 e. The number of hydrogen-bond acceptors (Lipinski definition) is 5. The van der Waals surface area contributed by atoms with Gasteiger partial charge < -0.3 is 20.7 Å². The number of amides is 1. The fourth-order valence-electron chi connectivity index (χ4n) is 2.93. The number of hydrogen-bond donors (Lipinski definition) is 3. The minimum absolute atomic E-state index is 0.117. The third kappa shape index (κ3) is 8.45. The molecule has 1 aromatic rings. The zero-order valence-electron chi connectivity index (χ0n) is 17.5. The lowest BCUT2D eigenvalue weighted by Gasteiger charge is -2.31. The predicted molar refractivity (Wildman–Crippen MR) is 109 cm³/mol. The summed E-state index contributed by atoms with van der Waals surface area (Å²) in [6.45, 7) is 12.2. The van der Waals surface area contributed by atoms with Crippen LogP contribution >= 0.6 is 0 Å². The molecular weight excluding hydrogens is 347 g/mol. The van der Waals surface area contributed by atoms with E-state index in [1.165, 1.54) is 12.3 Å². The minimum Gasteiger partial charge on any atom is -0.444 e. The maximum Gasteiger partial charge on any atom is 0.407 e. The van der Waals surface area contributed by atoms with Crippen molar-refractivity contribution in [3.8, 4) is 0 Å². The van der Waals surface area contributed by atoms with Crippen molar-refractivity contribution in [2.24, 2.45) is 0 Å². The summed E-state index contributed by atoms with van der Waals surface area (Å²) < 4.78 is 18.8. The molecule has 0 aliphatic heterocycles. The van der Waals surface area contributed by atoms with E-state index in [2.05, 4.69) is 20.9 Å². The number of carbonyl (C=O) groups is 1. The number of anilines is 2. The Kier molecular flexibility index (Phi) is 9.32. The first-order valence-electron chi connectivity index (χ1n) is 9.92. The van der Waals surface area contributed by atoms with E-state index in [-0.39, 0.29) is 24.0 Å². The highest BCUT2D eigenvalue weighted by Crippen LogP contribution is 2.26. The predicted octanol–water partition coefficient (Wildman–Crippen LogP) is 4.93. The molecule has 0 bridgehead atoms. The van der Waals surface area contributed by atoms with E-state index in [1.54, 1.807) is 0 Å². The molecular formula is C20H35FN4O2. The molecule has 1 fully saturated rings. The Morgan fingerprint density at radius 3 is 2.37 bits per heavy atom. The van der Waals surface area contributed by atoms with E-state index in [4.69, 9.17) is 4.74 Å². The molecule has 1 heterocycles. The van der Waals surface area contributed by atoms with E-state index in [0.717, 1.165) is 32.2 Å². The van der Waals surface area contributed by atoms with Crippen molar-refractivity contribution in [1.29, 1.82) is 0 Å². The summed E-state index contributed by atoms with van der Waals surface area (Å²) in [7, 11) is 0. The van der Waals surface area contributed by atoms with Gasteiger partial charge >= 0.3 is 6.09 Å². The van der Waals surface area contributed by atoms with E-state index in [1.807, 2.05) is 41.5 Å². The fourth-order valence-corrected chi connectivity index (χ4v) is 2.93. The lowest BCUT2D eigenvalue weighted by atomic mass is 9.91. The number of halogens is 1. The van der Waals surface area contributed by atoms with Crippen molar-refractivity contribution in [3.63, 3.8) is 0 Å². The van der Waals surface area contributed by atoms with Gasteiger partial charge in [-0.05, 0) is 53.4 Å². The number of nitrogens with one attached hydrogen (secondary N) is 3. The summed E-state index contributed by atoms with van der Waals surface area (Å²) in [5.74, 6) is 0.308. The first-order valence-corrected chi connectivity index (χ1v) is 9.92. The molecule has 1 aliphatic carbocycles. The van der Waals surface area contributed by atoms with E-state index < -0.39 is 5.60 Å². The number of aromatic nitrogens is 1. The summed E-state index contributed by atoms with van der Waals surface area (Å²) in [5.41, 5.74) is 0.195. The third-order valence-corrected chi connectivity index (χ3v) is 4.01. The van der Waals surface area contributed by atoms with Crippen LogP contribution in [0.3, 0.4) is 0 Å². The molecule has 3 N–H and O–H groups in total. The van der Waals surface area contributed by atoms with Crippen molar-refractivity contribution in [1.82, 2.24) is 10.3 Å². The maximum absolute atomic E-state index is 13.5. The highest BCUT2D eigenvalue weighted by molar-refractivity contribution is 5.68. The third-order valence-electron chi connectivity index (χ3n) is 4.01. The van der Waals surface area contributed by atoms with Gasteiger partial charge in [0.25, 0.3) is 0 Å². The summed E-state index contributed by atoms with van der Waals surface area (Å²) in [4.78, 5) is 15.9. The van der Waals surface area contributed by atoms with Gasteiger partial charge in [0, 0.05) is 24.7 Å². The number of alkyl carbamates (subject to hydrolysis) is 1. The van der Waals surface area contributed by atoms with Crippen LogP contribution in [0.15, 0.2) is 12.3 Å². The molecule has 1 aliphatic rings. The molecule has 6 nitrogen and oxygen atoms in total. The number of rotatable bonds is 5. The summed E-state index contributed by atoms with van der Waals surface area (Å²) >= 11 is 0. The normalized spacial score (nSPS) is 19.4. The Hall–Kier alpha value is -2.05. The number of nitrogens with zero attached hydrogens (tertiary/aromatic N) is 1. The molecule has 0 radical (unpaired) electrons. The van der Waals surface area contributed by atoms with Crippen LogP contribution in [0.5, 0.6) is 0 Å². The quantitative estimate of drug-likeness (QED) is 0.673. The van der Waals surface area contributed by atoms with E-state index in [9.17, 15) is 9.18 Å². The van der Waals surface area contributed by atoms with Gasteiger partial charge in [-0.3, -0.25) is 0 Å². The van der Waals surface area contributed by atoms with Gasteiger partial charge in [0.15, 0.2) is 0 Å². The van der Waals surface area contributed by atoms with Crippen molar-refractivity contribution >= 4 is 17.6 Å². The van der Waals surface area contributed by atoms with Crippen LogP contribution in [0.4, 0.5) is 20.7 Å². The molecule has 7 heteroatoms. The zero-order valence-corrected chi connectivity index (χ0v) is 17.5. The van der Waals surface area contributed by atoms with Crippen LogP contribution in [-0.2, 0) is 4.74 Å². The van der Waals surface area contributed by atoms with Gasteiger partial charge in [-0.1, -0.05) is 13.8 Å². The molecule has 0 spiro atoms. The van der Waals surface area contributed by atoms with Crippen LogP contribution in [-0.4, -0.2) is 35.3 Å². The Labute approximate surface area is 162 Å². The van der Waals surface area contributed by atoms with Crippen molar-refractivity contribution in [2.75, 3.05) is 17.2 Å². The summed E-state index contributed by atoms with van der Waals surface area (Å²) in [6.07, 6.45) is 4.34. The second kappa shape index (κ2) is 10.9. The van der Waals surface area contributed by atoms with Crippen molar-refractivity contribution in [3.05, 3.63) is 18.1 Å². The van der Waals surface area contributed by atoms with Crippen LogP contribution in [0.1, 0.15) is 67.2 Å². The molecule has 0 atom stereocenters. The first kappa shape index (κ1) is 23.0. The lowest BCUT2D eigenvalue weighted by Crippen LogP contribution is -2.42. The molecule has 27 heavy (non-hydrogen) atoms. The molecule has 1 aromatic heterocycles. The molecule has 1 amide bonds. The average Bonchev–Trinajstić information content (AvgIpc) is 2.59. The Morgan fingerprint density at radius 1 is 1.22 bits per heavy atom. The SMILES string of the molecule is CC.CCNc1ncc(F)cc1NC1CCC(NC(=O)OC(C)(C)C)CC1. The summed E-state index contributed by atoms with van der Waals surface area (Å²) in [5, 5.41) is 9.44. The minimum atomic E-state index is -0.490. The van der Waals surface area contributed by atoms with E-state index in [0.29, 0.717) is 11.5 Å². The zero-order chi connectivity index (χ0) is 20.4. The maximum atomic E-state index is 13.5. The number of pyridine rings is 1. The Balaban J connectivity index is 0.00000176. The van der Waals surface area contributed by atoms with Gasteiger partial charge in [-0.25, -0.2) is 14.2 Å². The summed E-state index contributed by atoms with van der Waals surface area (Å²) in [6, 6.07) is 1.82. The Bertz CT molecular complexity index is 582. The highest BCUT2D eigenvalue weighted by Gasteiger charge is 2.25. The highest BCUT2D eigenvalue weighted by atomic mass is 19.1. The molecule has 0 saturated heterocycles. The number of ether oxygens (including phenoxy) is 1. The number of carbonyl (C=O) groups excluding carboxylic acids is 1. The van der Waals surface area contributed by atoms with Gasteiger partial charge in [-0.15, -0.1) is 0 Å². The van der Waals surface area contributed by atoms with Crippen LogP contribution < -0.4 is 16.0 Å². The van der Waals surface area contributed by atoms with Crippen molar-refractivity contribution < 1.29 is 13.9 Å². The second-order valence-corrected chi connectivity index (χ2v) is 7.42. The average molecular weight is 383 g/mol. The first-order chi connectivity index (χ1) is 12.8. The molecule has 0 unspecified atom stereocenters. The standard InChI is InChI=1S/C18H29FN4O2.C2H6/c1-5-20-16-15(10-12(19)11-21-16)22-13-6-8-14(9-7-13)23-17(24)25-18(2,3)4;1-2/h10-11,13-14,22H,5-9H2,1-4H3,(H,20,21)(H,23,24);1-2H3. The second-order valence-electron chi connectivity index (χ2n) is 7.42. The van der Waals surface area contributed by atoms with Gasteiger partial charge in [0.2, 0.25) is 0 Å². The fraction of sp³-hybridized carbons (Fsp3) is 0.700. The van der Waals surface area contributed by atoms with Crippen LogP contribution in [0.2, 0.25) is 0 Å². The van der Waals surface area contributed by atoms with Gasteiger partial charge in [0.05, 0.1) is 11.9 Å². The molecule has 2 rings (SSSR count). The topological polar surface area (TPSA) is 75.3 Å². The molecule has 1 saturated carbocycles. The van der Waals surface area contributed by atoms with Gasteiger partial charge in [-0.2, -0.15) is 0 Å².